The van der Waals surface area contributed by atoms with Crippen LogP contribution in [0.5, 0.6) is 17.2 Å². The Kier molecular flexibility index (Phi) is 6.01. The van der Waals surface area contributed by atoms with Crippen LogP contribution >= 0.6 is 27.5 Å². The number of ether oxygens (including phenoxy) is 1. The number of fused-ring (bicyclic) bond motifs is 1. The molecule has 0 saturated carbocycles. The molecule has 180 valence electrons. The number of halogens is 3. The Morgan fingerprint density at radius 1 is 1.14 bits per heavy atom. The van der Waals surface area contributed by atoms with Crippen molar-refractivity contribution in [1.82, 2.24) is 0 Å². The molecule has 0 amide bonds. The molecule has 0 radical (unpaired) electrons. The van der Waals surface area contributed by atoms with Gasteiger partial charge in [-0.25, -0.2) is 4.39 Å². The molecule has 3 N–H and O–H groups in total. The van der Waals surface area contributed by atoms with Crippen LogP contribution in [0, 0.1) is 11.2 Å². The first-order valence-electron chi connectivity index (χ1n) is 11.2. The highest BCUT2D eigenvalue weighted by Crippen LogP contribution is 2.48. The van der Waals surface area contributed by atoms with Gasteiger partial charge in [-0.1, -0.05) is 43.6 Å². The van der Waals surface area contributed by atoms with Gasteiger partial charge in [0.1, 0.15) is 17.2 Å². The molecule has 0 bridgehead atoms. The molecule has 8 heteroatoms. The minimum atomic E-state index is -0.550. The Bertz CT molecular complexity index is 1370. The number of benzene rings is 3. The lowest BCUT2D eigenvalue weighted by Crippen LogP contribution is -2.31. The van der Waals surface area contributed by atoms with E-state index in [1.807, 2.05) is 6.07 Å². The van der Waals surface area contributed by atoms with E-state index >= 15 is 0 Å². The zero-order valence-corrected chi connectivity index (χ0v) is 21.4. The first-order valence-corrected chi connectivity index (χ1v) is 12.3. The van der Waals surface area contributed by atoms with E-state index in [0.29, 0.717) is 50.6 Å². The van der Waals surface area contributed by atoms with Gasteiger partial charge in [0.05, 0.1) is 16.2 Å². The summed E-state index contributed by atoms with van der Waals surface area (Å²) in [5, 5.41) is 17.6. The number of phenolic OH excluding ortho intramolecular Hbond substituents is 1. The smallest absolute Gasteiger partial charge is 0.177 e. The van der Waals surface area contributed by atoms with Crippen molar-refractivity contribution in [3.8, 4) is 17.2 Å². The Morgan fingerprint density at radius 3 is 2.66 bits per heavy atom. The molecule has 1 unspecified atom stereocenters. The second-order valence-electron chi connectivity index (χ2n) is 9.57. The Labute approximate surface area is 216 Å². The highest BCUT2D eigenvalue weighted by Gasteiger charge is 2.39. The molecule has 5 rings (SSSR count). The van der Waals surface area contributed by atoms with Gasteiger partial charge in [-0.15, -0.1) is 0 Å². The number of hydrogen-bond acceptors (Lipinski definition) is 5. The van der Waals surface area contributed by atoms with Crippen molar-refractivity contribution >= 4 is 44.7 Å². The van der Waals surface area contributed by atoms with Gasteiger partial charge in [0.2, 0.25) is 0 Å². The molecule has 35 heavy (non-hydrogen) atoms. The number of phenols is 1. The Morgan fingerprint density at radius 2 is 1.91 bits per heavy atom. The summed E-state index contributed by atoms with van der Waals surface area (Å²) in [4.78, 5) is 13.4. The van der Waals surface area contributed by atoms with Crippen LogP contribution in [-0.4, -0.2) is 10.9 Å². The summed E-state index contributed by atoms with van der Waals surface area (Å²) in [5.41, 5.74) is 2.97. The van der Waals surface area contributed by atoms with Crippen molar-refractivity contribution in [3.63, 3.8) is 0 Å². The van der Waals surface area contributed by atoms with Crippen LogP contribution in [0.4, 0.5) is 15.8 Å². The van der Waals surface area contributed by atoms with E-state index in [9.17, 15) is 14.3 Å². The molecular formula is C27H23BrClFN2O3. The van der Waals surface area contributed by atoms with Gasteiger partial charge in [0.25, 0.3) is 0 Å². The van der Waals surface area contributed by atoms with Crippen LogP contribution in [0.15, 0.2) is 70.3 Å². The van der Waals surface area contributed by atoms with Crippen LogP contribution in [0.25, 0.3) is 0 Å². The molecule has 1 aliphatic carbocycles. The minimum absolute atomic E-state index is 0.0141. The van der Waals surface area contributed by atoms with Gasteiger partial charge < -0.3 is 20.5 Å². The summed E-state index contributed by atoms with van der Waals surface area (Å²) < 4.78 is 20.5. The number of rotatable bonds is 3. The monoisotopic (exact) mass is 556 g/mol. The van der Waals surface area contributed by atoms with Crippen molar-refractivity contribution < 1.29 is 19.0 Å². The standard InChI is InChI=1S/C27H23BrClFN2O3/c1-27(2)12-20-23(22(34)13-27)24(31-19-7-4-8-21(33)25(19)32-20)15-10-9-14(11-17(15)29)35-26-16(28)5-3-6-18(26)30/h3-11,24,31-33H,12-13H2,1-2H3. The van der Waals surface area contributed by atoms with Crippen molar-refractivity contribution in [2.24, 2.45) is 5.41 Å². The lowest BCUT2D eigenvalue weighted by Gasteiger charge is -2.34. The highest BCUT2D eigenvalue weighted by molar-refractivity contribution is 9.10. The van der Waals surface area contributed by atoms with Crippen molar-refractivity contribution in [3.05, 3.63) is 86.7 Å². The van der Waals surface area contributed by atoms with Gasteiger partial charge in [0, 0.05) is 22.7 Å². The van der Waals surface area contributed by atoms with Gasteiger partial charge in [-0.2, -0.15) is 0 Å². The number of anilines is 2. The lowest BCUT2D eigenvalue weighted by atomic mass is 9.73. The highest BCUT2D eigenvalue weighted by atomic mass is 79.9. The summed E-state index contributed by atoms with van der Waals surface area (Å²) in [6, 6.07) is 14.3. The van der Waals surface area contributed by atoms with Crippen LogP contribution in [0.1, 0.15) is 38.3 Å². The number of carbonyl (C=O) groups is 1. The second-order valence-corrected chi connectivity index (χ2v) is 10.8. The number of Topliss-reactive ketones (excluding diaryl/α,β-unsaturated/α-hetero) is 1. The van der Waals surface area contributed by atoms with E-state index in [0.717, 1.165) is 5.70 Å². The van der Waals surface area contributed by atoms with E-state index in [4.69, 9.17) is 16.3 Å². The molecule has 0 fully saturated rings. The quantitative estimate of drug-likeness (QED) is 0.285. The second kappa shape index (κ2) is 8.88. The molecule has 1 aliphatic heterocycles. The normalized spacial score (nSPS) is 18.7. The predicted molar refractivity (Wildman–Crippen MR) is 139 cm³/mol. The molecule has 0 spiro atoms. The number of hydrogen-bond donors (Lipinski definition) is 3. The third-order valence-electron chi connectivity index (χ3n) is 6.25. The molecule has 3 aromatic carbocycles. The number of aromatic hydroxyl groups is 1. The summed E-state index contributed by atoms with van der Waals surface area (Å²) in [7, 11) is 0. The van der Waals surface area contributed by atoms with Crippen molar-refractivity contribution in [2.45, 2.75) is 32.7 Å². The zero-order chi connectivity index (χ0) is 24.9. The Hall–Kier alpha value is -3.03. The molecule has 0 aromatic heterocycles. The minimum Gasteiger partial charge on any atom is -0.506 e. The average molecular weight is 558 g/mol. The third kappa shape index (κ3) is 4.50. The maximum Gasteiger partial charge on any atom is 0.177 e. The molecule has 0 saturated heterocycles. The van der Waals surface area contributed by atoms with Crippen LogP contribution in [0.2, 0.25) is 5.02 Å². The van der Waals surface area contributed by atoms with Gasteiger partial charge in [0.15, 0.2) is 17.3 Å². The van der Waals surface area contributed by atoms with Crippen LogP contribution in [-0.2, 0) is 4.79 Å². The lowest BCUT2D eigenvalue weighted by molar-refractivity contribution is -0.118. The number of ketones is 1. The molecule has 5 nitrogen and oxygen atoms in total. The molecule has 3 aromatic rings. The first-order chi connectivity index (χ1) is 16.6. The van der Waals surface area contributed by atoms with E-state index in [1.165, 1.54) is 6.07 Å². The molecular weight excluding hydrogens is 535 g/mol. The Balaban J connectivity index is 1.58. The van der Waals surface area contributed by atoms with Crippen LogP contribution < -0.4 is 15.4 Å². The average Bonchev–Trinajstić information content (AvgIpc) is 2.93. The van der Waals surface area contributed by atoms with Crippen molar-refractivity contribution in [2.75, 3.05) is 10.6 Å². The maximum absolute atomic E-state index is 14.2. The van der Waals surface area contributed by atoms with E-state index in [-0.39, 0.29) is 22.7 Å². The summed E-state index contributed by atoms with van der Waals surface area (Å²) >= 11 is 10.0. The predicted octanol–water partition coefficient (Wildman–Crippen LogP) is 7.96. The third-order valence-corrected chi connectivity index (χ3v) is 7.20. The van der Waals surface area contributed by atoms with Gasteiger partial charge in [-0.3, -0.25) is 4.79 Å². The number of carbonyl (C=O) groups excluding carboxylic acids is 1. The molecule has 1 atom stereocenters. The number of para-hydroxylation sites is 2. The fourth-order valence-corrected chi connectivity index (χ4v) is 5.39. The summed E-state index contributed by atoms with van der Waals surface area (Å²) in [6.45, 7) is 4.10. The zero-order valence-electron chi connectivity index (χ0n) is 19.1. The van der Waals surface area contributed by atoms with Gasteiger partial charge in [-0.05, 0) is 69.7 Å². The van der Waals surface area contributed by atoms with Gasteiger partial charge >= 0.3 is 0 Å². The van der Waals surface area contributed by atoms with E-state index in [2.05, 4.69) is 40.4 Å². The number of allylic oxidation sites excluding steroid dienone is 1. The molecule has 1 heterocycles. The van der Waals surface area contributed by atoms with Crippen molar-refractivity contribution in [1.29, 1.82) is 0 Å². The SMILES string of the molecule is CC1(C)CC(=O)C2=C(C1)Nc1c(O)cccc1NC2c1ccc(Oc2c(F)cccc2Br)cc1Cl. The van der Waals surface area contributed by atoms with Crippen LogP contribution in [0.3, 0.4) is 0 Å². The largest absolute Gasteiger partial charge is 0.506 e. The topological polar surface area (TPSA) is 70.6 Å². The first kappa shape index (κ1) is 23.7. The van der Waals surface area contributed by atoms with E-state index in [1.54, 1.807) is 42.5 Å². The fraction of sp³-hybridized carbons (Fsp3) is 0.222. The fourth-order valence-electron chi connectivity index (χ4n) is 4.69. The van der Waals surface area contributed by atoms with E-state index < -0.39 is 11.9 Å². The summed E-state index contributed by atoms with van der Waals surface area (Å²) in [5.74, 6) is 0.0217. The molecule has 2 aliphatic rings. The number of nitrogens with one attached hydrogen (secondary N) is 2. The summed E-state index contributed by atoms with van der Waals surface area (Å²) in [6.07, 6.45) is 1.04. The maximum atomic E-state index is 14.2.